The molecule has 0 aliphatic heterocycles. The van der Waals surface area contributed by atoms with Crippen LogP contribution in [0.1, 0.15) is 31.9 Å². The molecule has 0 aliphatic carbocycles. The summed E-state index contributed by atoms with van der Waals surface area (Å²) in [5.41, 5.74) is 8.35. The Morgan fingerprint density at radius 3 is 2.42 bits per heavy atom. The zero-order chi connectivity index (χ0) is 14.6. The molecule has 4 N–H and O–H groups in total. The van der Waals surface area contributed by atoms with Crippen LogP contribution in [0, 0.1) is 6.92 Å². The molecule has 104 valence electrons. The number of carbonyl (C=O) groups excluding carboxylic acids is 1. The van der Waals surface area contributed by atoms with Gasteiger partial charge in [0.05, 0.1) is 0 Å². The van der Waals surface area contributed by atoms with Gasteiger partial charge in [-0.05, 0) is 51.5 Å². The van der Waals surface area contributed by atoms with Crippen molar-refractivity contribution in [2.24, 2.45) is 5.73 Å². The standard InChI is InChI=1S/C14H21N3OS/c1-8(2)16-14(18)10(4)17-11-5-6-12(13(15)19)9(3)7-11/h5-8,10,17H,1-4H3,(H2,15,19)(H,16,18). The molecule has 0 saturated heterocycles. The average Bonchev–Trinajstić information content (AvgIpc) is 2.27. The zero-order valence-corrected chi connectivity index (χ0v) is 12.6. The Bertz CT molecular complexity index is 486. The third kappa shape index (κ3) is 4.52. The lowest BCUT2D eigenvalue weighted by molar-refractivity contribution is -0.122. The Morgan fingerprint density at radius 2 is 1.95 bits per heavy atom. The molecule has 0 spiro atoms. The summed E-state index contributed by atoms with van der Waals surface area (Å²) in [5, 5.41) is 6.02. The monoisotopic (exact) mass is 279 g/mol. The van der Waals surface area contributed by atoms with E-state index in [1.807, 2.05) is 45.9 Å². The van der Waals surface area contributed by atoms with E-state index in [4.69, 9.17) is 18.0 Å². The summed E-state index contributed by atoms with van der Waals surface area (Å²) in [4.78, 5) is 12.2. The molecule has 4 nitrogen and oxygen atoms in total. The molecule has 0 radical (unpaired) electrons. The Kier molecular flexibility index (Phi) is 5.30. The van der Waals surface area contributed by atoms with Crippen LogP contribution in [0.3, 0.4) is 0 Å². The summed E-state index contributed by atoms with van der Waals surface area (Å²) in [6, 6.07) is 5.52. The van der Waals surface area contributed by atoms with E-state index < -0.39 is 0 Å². The molecular formula is C14H21N3OS. The number of benzene rings is 1. The molecule has 0 aromatic heterocycles. The molecule has 1 unspecified atom stereocenters. The first-order valence-corrected chi connectivity index (χ1v) is 6.69. The van der Waals surface area contributed by atoms with E-state index in [0.29, 0.717) is 4.99 Å². The first kappa shape index (κ1) is 15.4. The summed E-state index contributed by atoms with van der Waals surface area (Å²) < 4.78 is 0. The minimum atomic E-state index is -0.294. The van der Waals surface area contributed by atoms with E-state index in [1.165, 1.54) is 0 Å². The first-order valence-electron chi connectivity index (χ1n) is 6.28. The maximum atomic E-state index is 11.8. The maximum Gasteiger partial charge on any atom is 0.242 e. The third-order valence-corrected chi connectivity index (χ3v) is 2.92. The summed E-state index contributed by atoms with van der Waals surface area (Å²) in [7, 11) is 0. The number of nitrogens with one attached hydrogen (secondary N) is 2. The molecule has 5 heteroatoms. The van der Waals surface area contributed by atoms with Crippen LogP contribution in [0.4, 0.5) is 5.69 Å². The zero-order valence-electron chi connectivity index (χ0n) is 11.8. The number of aryl methyl sites for hydroxylation is 1. The fraction of sp³-hybridized carbons (Fsp3) is 0.429. The number of thiocarbonyl (C=S) groups is 1. The van der Waals surface area contributed by atoms with Crippen LogP contribution in [0.2, 0.25) is 0 Å². The van der Waals surface area contributed by atoms with Crippen molar-refractivity contribution in [2.75, 3.05) is 5.32 Å². The van der Waals surface area contributed by atoms with Gasteiger partial charge in [0.1, 0.15) is 11.0 Å². The molecule has 0 bridgehead atoms. The number of hydrogen-bond donors (Lipinski definition) is 3. The average molecular weight is 279 g/mol. The van der Waals surface area contributed by atoms with Crippen molar-refractivity contribution in [1.29, 1.82) is 0 Å². The highest BCUT2D eigenvalue weighted by molar-refractivity contribution is 7.80. The minimum absolute atomic E-state index is 0.0222. The van der Waals surface area contributed by atoms with Gasteiger partial charge in [0, 0.05) is 17.3 Å². The fourth-order valence-electron chi connectivity index (χ4n) is 1.75. The predicted molar refractivity (Wildman–Crippen MR) is 83.4 cm³/mol. The Hall–Kier alpha value is -1.62. The molecule has 1 aromatic rings. The molecule has 0 saturated carbocycles. The fourth-order valence-corrected chi connectivity index (χ4v) is 1.98. The molecular weight excluding hydrogens is 258 g/mol. The molecule has 0 fully saturated rings. The highest BCUT2D eigenvalue weighted by Gasteiger charge is 2.13. The lowest BCUT2D eigenvalue weighted by atomic mass is 10.1. The highest BCUT2D eigenvalue weighted by atomic mass is 32.1. The minimum Gasteiger partial charge on any atom is -0.389 e. The Morgan fingerprint density at radius 1 is 1.32 bits per heavy atom. The van der Waals surface area contributed by atoms with Gasteiger partial charge in [-0.25, -0.2) is 0 Å². The van der Waals surface area contributed by atoms with Crippen molar-refractivity contribution < 1.29 is 4.79 Å². The number of amides is 1. The first-order chi connectivity index (χ1) is 8.81. The van der Waals surface area contributed by atoms with Crippen molar-refractivity contribution >= 4 is 28.8 Å². The molecule has 1 amide bonds. The summed E-state index contributed by atoms with van der Waals surface area (Å²) in [6.07, 6.45) is 0. The SMILES string of the molecule is Cc1cc(NC(C)C(=O)NC(C)C)ccc1C(N)=S. The van der Waals surface area contributed by atoms with Gasteiger partial charge in [-0.15, -0.1) is 0 Å². The van der Waals surface area contributed by atoms with Crippen LogP contribution in [-0.4, -0.2) is 23.0 Å². The molecule has 19 heavy (non-hydrogen) atoms. The van der Waals surface area contributed by atoms with E-state index in [9.17, 15) is 4.79 Å². The van der Waals surface area contributed by atoms with Crippen molar-refractivity contribution in [1.82, 2.24) is 5.32 Å². The van der Waals surface area contributed by atoms with Crippen LogP contribution < -0.4 is 16.4 Å². The van der Waals surface area contributed by atoms with Gasteiger partial charge >= 0.3 is 0 Å². The van der Waals surface area contributed by atoms with Gasteiger partial charge in [-0.2, -0.15) is 0 Å². The van der Waals surface area contributed by atoms with E-state index in [1.54, 1.807) is 0 Å². The number of rotatable bonds is 5. The lowest BCUT2D eigenvalue weighted by Crippen LogP contribution is -2.41. The van der Waals surface area contributed by atoms with Gasteiger partial charge in [0.2, 0.25) is 5.91 Å². The van der Waals surface area contributed by atoms with E-state index in [-0.39, 0.29) is 18.0 Å². The topological polar surface area (TPSA) is 67.2 Å². The quantitative estimate of drug-likeness (QED) is 0.721. The van der Waals surface area contributed by atoms with Gasteiger partial charge < -0.3 is 16.4 Å². The van der Waals surface area contributed by atoms with E-state index in [0.717, 1.165) is 16.8 Å². The smallest absolute Gasteiger partial charge is 0.242 e. The van der Waals surface area contributed by atoms with E-state index in [2.05, 4.69) is 10.6 Å². The predicted octanol–water partition coefficient (Wildman–Crippen LogP) is 1.95. The summed E-state index contributed by atoms with van der Waals surface area (Å²) in [6.45, 7) is 7.64. The van der Waals surface area contributed by atoms with Crippen molar-refractivity contribution in [2.45, 2.75) is 39.8 Å². The largest absolute Gasteiger partial charge is 0.389 e. The van der Waals surface area contributed by atoms with Crippen molar-refractivity contribution in [3.8, 4) is 0 Å². The van der Waals surface area contributed by atoms with Gasteiger partial charge in [-0.1, -0.05) is 12.2 Å². The van der Waals surface area contributed by atoms with Crippen molar-refractivity contribution in [3.05, 3.63) is 29.3 Å². The Labute approximate surface area is 119 Å². The summed E-state index contributed by atoms with van der Waals surface area (Å²) >= 11 is 4.96. The van der Waals surface area contributed by atoms with Crippen LogP contribution >= 0.6 is 12.2 Å². The van der Waals surface area contributed by atoms with Crippen LogP contribution in [-0.2, 0) is 4.79 Å². The number of nitrogens with two attached hydrogens (primary N) is 1. The highest BCUT2D eigenvalue weighted by Crippen LogP contribution is 2.16. The maximum absolute atomic E-state index is 11.8. The second kappa shape index (κ2) is 6.52. The number of carbonyl (C=O) groups is 1. The van der Waals surface area contributed by atoms with Gasteiger partial charge in [0.25, 0.3) is 0 Å². The van der Waals surface area contributed by atoms with Gasteiger partial charge in [0.15, 0.2) is 0 Å². The third-order valence-electron chi connectivity index (χ3n) is 2.70. The van der Waals surface area contributed by atoms with E-state index >= 15 is 0 Å². The second-order valence-corrected chi connectivity index (χ2v) is 5.36. The van der Waals surface area contributed by atoms with Crippen LogP contribution in [0.5, 0.6) is 0 Å². The van der Waals surface area contributed by atoms with Crippen molar-refractivity contribution in [3.63, 3.8) is 0 Å². The second-order valence-electron chi connectivity index (χ2n) is 4.92. The molecule has 0 aliphatic rings. The van der Waals surface area contributed by atoms with Gasteiger partial charge in [-0.3, -0.25) is 4.79 Å². The molecule has 1 atom stereocenters. The normalized spacial score (nSPS) is 12.1. The molecule has 0 heterocycles. The number of anilines is 1. The lowest BCUT2D eigenvalue weighted by Gasteiger charge is -2.18. The Balaban J connectivity index is 2.75. The molecule has 1 aromatic carbocycles. The van der Waals surface area contributed by atoms with Crippen LogP contribution in [0.25, 0.3) is 0 Å². The summed E-state index contributed by atoms with van der Waals surface area (Å²) in [5.74, 6) is -0.0222. The number of hydrogen-bond acceptors (Lipinski definition) is 3. The van der Waals surface area contributed by atoms with Crippen LogP contribution in [0.15, 0.2) is 18.2 Å². The molecule has 1 rings (SSSR count).